The predicted octanol–water partition coefficient (Wildman–Crippen LogP) is 4.26. The summed E-state index contributed by atoms with van der Waals surface area (Å²) < 4.78 is 22.8. The second-order valence-electron chi connectivity index (χ2n) is 8.80. The van der Waals surface area contributed by atoms with E-state index >= 15 is 4.39 Å². The van der Waals surface area contributed by atoms with Gasteiger partial charge in [-0.15, -0.1) is 0 Å². The van der Waals surface area contributed by atoms with Crippen LogP contribution in [0, 0.1) is 11.7 Å². The number of aromatic nitrogens is 1. The van der Waals surface area contributed by atoms with Crippen LogP contribution in [0.3, 0.4) is 0 Å². The summed E-state index contributed by atoms with van der Waals surface area (Å²) in [7, 11) is 0. The highest BCUT2D eigenvalue weighted by Gasteiger charge is 2.37. The number of hydrogen-bond donors (Lipinski definition) is 2. The summed E-state index contributed by atoms with van der Waals surface area (Å²) in [5.74, 6) is -1.36. The second-order valence-corrected chi connectivity index (χ2v) is 8.80. The molecule has 6 rings (SSSR count). The van der Waals surface area contributed by atoms with Crippen molar-refractivity contribution in [1.29, 1.82) is 0 Å². The molecule has 2 aromatic carbocycles. The highest BCUT2D eigenvalue weighted by atomic mass is 19.1. The third-order valence-electron chi connectivity index (χ3n) is 6.86. The standard InChI is InChI=1S/C26H22FN3O3/c1-14-12-28-10-8-19(14)30-13-17(16-4-2-3-5-20(16)30)21-23(26(32)29-25(21)31)22-18(27)7-6-15-9-11-33-24(15)22/h2-7,9,11,13-14,19,28H,8,10,12H2,1H3,(H,29,31,32). The maximum Gasteiger partial charge on any atom is 0.259 e. The average molecular weight is 443 g/mol. The minimum atomic E-state index is -0.620. The van der Waals surface area contributed by atoms with Crippen LogP contribution in [0.1, 0.15) is 30.5 Å². The fourth-order valence-electron chi connectivity index (χ4n) is 5.28. The first kappa shape index (κ1) is 19.9. The van der Waals surface area contributed by atoms with Crippen LogP contribution in [0.25, 0.3) is 33.0 Å². The lowest BCUT2D eigenvalue weighted by Crippen LogP contribution is -2.36. The van der Waals surface area contributed by atoms with Crippen LogP contribution >= 0.6 is 0 Å². The first-order valence-corrected chi connectivity index (χ1v) is 11.1. The molecule has 0 saturated carbocycles. The molecule has 7 heteroatoms. The fourth-order valence-corrected chi connectivity index (χ4v) is 5.28. The van der Waals surface area contributed by atoms with E-state index < -0.39 is 17.6 Å². The topological polar surface area (TPSA) is 76.3 Å². The number of rotatable bonds is 3. The zero-order valence-electron chi connectivity index (χ0n) is 18.0. The Hall–Kier alpha value is -3.71. The molecule has 2 N–H and O–H groups in total. The number of para-hydroxylation sites is 1. The molecule has 4 aromatic rings. The summed E-state index contributed by atoms with van der Waals surface area (Å²) in [6.45, 7) is 4.02. The van der Waals surface area contributed by atoms with E-state index in [1.54, 1.807) is 12.1 Å². The number of nitrogens with one attached hydrogen (secondary N) is 2. The van der Waals surface area contributed by atoms with Gasteiger partial charge in [-0.1, -0.05) is 25.1 Å². The Morgan fingerprint density at radius 1 is 1.06 bits per heavy atom. The van der Waals surface area contributed by atoms with Crippen molar-refractivity contribution >= 4 is 44.8 Å². The molecule has 1 saturated heterocycles. The lowest BCUT2D eigenvalue weighted by atomic mass is 9.94. The van der Waals surface area contributed by atoms with Gasteiger partial charge in [0.05, 0.1) is 23.0 Å². The highest BCUT2D eigenvalue weighted by molar-refractivity contribution is 6.50. The Labute approximate surface area is 189 Å². The summed E-state index contributed by atoms with van der Waals surface area (Å²) in [6.07, 6.45) is 4.36. The molecule has 2 amide bonds. The van der Waals surface area contributed by atoms with E-state index in [4.69, 9.17) is 4.42 Å². The number of halogens is 1. The van der Waals surface area contributed by atoms with E-state index in [2.05, 4.69) is 22.1 Å². The van der Waals surface area contributed by atoms with Gasteiger partial charge in [-0.25, -0.2) is 4.39 Å². The van der Waals surface area contributed by atoms with Crippen LogP contribution < -0.4 is 10.6 Å². The Morgan fingerprint density at radius 3 is 2.73 bits per heavy atom. The quantitative estimate of drug-likeness (QED) is 0.464. The second kappa shape index (κ2) is 7.42. The van der Waals surface area contributed by atoms with Gasteiger partial charge in [0.1, 0.15) is 11.4 Å². The number of imide groups is 1. The van der Waals surface area contributed by atoms with Crippen molar-refractivity contribution in [3.8, 4) is 0 Å². The summed E-state index contributed by atoms with van der Waals surface area (Å²) in [5, 5.41) is 7.32. The van der Waals surface area contributed by atoms with Gasteiger partial charge in [0.2, 0.25) is 0 Å². The van der Waals surface area contributed by atoms with Crippen molar-refractivity contribution < 1.29 is 18.4 Å². The third kappa shape index (κ3) is 2.96. The summed E-state index contributed by atoms with van der Waals surface area (Å²) >= 11 is 0. The predicted molar refractivity (Wildman–Crippen MR) is 124 cm³/mol. The number of furan rings is 1. The molecule has 0 aliphatic carbocycles. The van der Waals surface area contributed by atoms with E-state index in [9.17, 15) is 9.59 Å². The largest absolute Gasteiger partial charge is 0.464 e. The molecule has 1 fully saturated rings. The van der Waals surface area contributed by atoms with Gasteiger partial charge in [0.25, 0.3) is 11.8 Å². The molecular formula is C26H22FN3O3. The van der Waals surface area contributed by atoms with Crippen molar-refractivity contribution in [1.82, 2.24) is 15.2 Å². The van der Waals surface area contributed by atoms with Gasteiger partial charge in [0.15, 0.2) is 0 Å². The van der Waals surface area contributed by atoms with E-state index in [0.29, 0.717) is 16.9 Å². The molecule has 2 aromatic heterocycles. The number of fused-ring (bicyclic) bond motifs is 2. The number of carbonyl (C=O) groups excluding carboxylic acids is 2. The average Bonchev–Trinajstić information content (AvgIpc) is 3.50. The third-order valence-corrected chi connectivity index (χ3v) is 6.86. The van der Waals surface area contributed by atoms with Crippen LogP contribution in [-0.4, -0.2) is 29.5 Å². The highest BCUT2D eigenvalue weighted by Crippen LogP contribution is 2.41. The van der Waals surface area contributed by atoms with Gasteiger partial charge in [-0.2, -0.15) is 0 Å². The van der Waals surface area contributed by atoms with Crippen molar-refractivity contribution in [2.75, 3.05) is 13.1 Å². The van der Waals surface area contributed by atoms with Crippen molar-refractivity contribution in [3.05, 3.63) is 71.9 Å². The van der Waals surface area contributed by atoms with E-state index in [-0.39, 0.29) is 28.3 Å². The van der Waals surface area contributed by atoms with Gasteiger partial charge in [-0.3, -0.25) is 14.9 Å². The normalized spacial score (nSPS) is 21.4. The number of amides is 2. The van der Waals surface area contributed by atoms with E-state index in [1.165, 1.54) is 12.3 Å². The molecule has 0 spiro atoms. The van der Waals surface area contributed by atoms with Gasteiger partial charge in [0, 0.05) is 34.1 Å². The smallest absolute Gasteiger partial charge is 0.259 e. The molecule has 4 heterocycles. The molecule has 2 aliphatic heterocycles. The summed E-state index contributed by atoms with van der Waals surface area (Å²) in [6, 6.07) is 12.7. The number of piperidine rings is 1. The summed E-state index contributed by atoms with van der Waals surface area (Å²) in [5.41, 5.74) is 2.07. The zero-order chi connectivity index (χ0) is 22.7. The molecule has 2 aliphatic rings. The minimum Gasteiger partial charge on any atom is -0.464 e. The van der Waals surface area contributed by atoms with Crippen LogP contribution in [0.5, 0.6) is 0 Å². The summed E-state index contributed by atoms with van der Waals surface area (Å²) in [4.78, 5) is 26.1. The molecule has 0 radical (unpaired) electrons. The van der Waals surface area contributed by atoms with Crippen LogP contribution in [0.2, 0.25) is 0 Å². The van der Waals surface area contributed by atoms with E-state index in [0.717, 1.165) is 30.4 Å². The van der Waals surface area contributed by atoms with Crippen molar-refractivity contribution in [3.63, 3.8) is 0 Å². The number of nitrogens with zero attached hydrogens (tertiary/aromatic N) is 1. The Morgan fingerprint density at radius 2 is 1.88 bits per heavy atom. The number of carbonyl (C=O) groups is 2. The van der Waals surface area contributed by atoms with Gasteiger partial charge >= 0.3 is 0 Å². The lowest BCUT2D eigenvalue weighted by Gasteiger charge is -2.31. The minimum absolute atomic E-state index is 0.0133. The maximum atomic E-state index is 15.1. The van der Waals surface area contributed by atoms with Crippen LogP contribution in [0.4, 0.5) is 4.39 Å². The van der Waals surface area contributed by atoms with E-state index in [1.807, 2.05) is 30.5 Å². The fraction of sp³-hybridized carbons (Fsp3) is 0.231. The first-order chi connectivity index (χ1) is 16.0. The molecular weight excluding hydrogens is 421 g/mol. The Bertz CT molecular complexity index is 1480. The van der Waals surface area contributed by atoms with Crippen LogP contribution in [0.15, 0.2) is 59.3 Å². The van der Waals surface area contributed by atoms with Gasteiger partial charge in [-0.05, 0) is 49.7 Å². The maximum absolute atomic E-state index is 15.1. The number of hydrogen-bond acceptors (Lipinski definition) is 4. The van der Waals surface area contributed by atoms with Crippen LogP contribution in [-0.2, 0) is 9.59 Å². The SMILES string of the molecule is CC1CNCCC1n1cc(C2=C(c3c(F)ccc4ccoc34)C(=O)NC2=O)c2ccccc21. The van der Waals surface area contributed by atoms with Gasteiger partial charge < -0.3 is 14.3 Å². The molecule has 6 nitrogen and oxygen atoms in total. The Kier molecular flexibility index (Phi) is 4.48. The molecule has 0 bridgehead atoms. The lowest BCUT2D eigenvalue weighted by molar-refractivity contribution is -0.122. The molecule has 166 valence electrons. The zero-order valence-corrected chi connectivity index (χ0v) is 18.0. The molecule has 33 heavy (non-hydrogen) atoms. The Balaban J connectivity index is 1.65. The monoisotopic (exact) mass is 443 g/mol. The molecule has 2 unspecified atom stereocenters. The van der Waals surface area contributed by atoms with Crippen molar-refractivity contribution in [2.45, 2.75) is 19.4 Å². The first-order valence-electron chi connectivity index (χ1n) is 11.1. The van der Waals surface area contributed by atoms with Crippen molar-refractivity contribution in [2.24, 2.45) is 5.92 Å². The number of benzene rings is 2. The molecule has 2 atom stereocenters.